The zero-order valence-corrected chi connectivity index (χ0v) is 23.0. The standard InChI is InChI=1S/C30H31N7O4/c1-19-12-20(2)23-15-24(30(38)31-25(23)13-19)28(29-32-33-34-37(29)17-22-4-3-11-39-22)36-9-7-35(8-10-36)16-21-5-6-26-27(14-21)41-18-40-26/h3-6,11-15,28H,7-10,16-18H2,1-2H3,(H,31,38)/t28-/m1/s1. The normalized spacial score (nSPS) is 16.4. The van der Waals surface area contributed by atoms with Crippen LogP contribution in [0, 0.1) is 13.8 Å². The molecule has 41 heavy (non-hydrogen) atoms. The summed E-state index contributed by atoms with van der Waals surface area (Å²) in [6.45, 7) is 8.70. The number of fused-ring (bicyclic) bond motifs is 2. The van der Waals surface area contributed by atoms with Crippen molar-refractivity contribution in [3.63, 3.8) is 0 Å². The molecule has 1 N–H and O–H groups in total. The Hall–Kier alpha value is -4.48. The molecule has 0 aliphatic carbocycles. The number of aromatic amines is 1. The van der Waals surface area contributed by atoms with E-state index in [4.69, 9.17) is 13.9 Å². The third-order valence-electron chi connectivity index (χ3n) is 7.94. The molecule has 3 aromatic heterocycles. The van der Waals surface area contributed by atoms with Gasteiger partial charge in [0.05, 0.1) is 6.26 Å². The molecule has 5 aromatic rings. The van der Waals surface area contributed by atoms with Crippen LogP contribution < -0.4 is 15.0 Å². The summed E-state index contributed by atoms with van der Waals surface area (Å²) in [5, 5.41) is 13.8. The van der Waals surface area contributed by atoms with Gasteiger partial charge in [0.2, 0.25) is 6.79 Å². The van der Waals surface area contributed by atoms with Crippen LogP contribution >= 0.6 is 0 Å². The molecule has 2 aromatic carbocycles. The van der Waals surface area contributed by atoms with Gasteiger partial charge < -0.3 is 18.9 Å². The van der Waals surface area contributed by atoms with Crippen LogP contribution in [0.3, 0.4) is 0 Å². The van der Waals surface area contributed by atoms with Crippen LogP contribution in [0.2, 0.25) is 0 Å². The van der Waals surface area contributed by atoms with Gasteiger partial charge in [-0.3, -0.25) is 14.6 Å². The number of hydrogen-bond donors (Lipinski definition) is 1. The van der Waals surface area contributed by atoms with Gasteiger partial charge in [0.1, 0.15) is 18.3 Å². The Morgan fingerprint density at radius 2 is 1.83 bits per heavy atom. The van der Waals surface area contributed by atoms with Gasteiger partial charge in [0, 0.05) is 49.2 Å². The van der Waals surface area contributed by atoms with Gasteiger partial charge in [-0.05, 0) is 77.4 Å². The van der Waals surface area contributed by atoms with E-state index in [2.05, 4.69) is 55.4 Å². The molecule has 0 unspecified atom stereocenters. The molecule has 210 valence electrons. The number of pyridine rings is 1. The minimum Gasteiger partial charge on any atom is -0.467 e. The van der Waals surface area contributed by atoms with Crippen molar-refractivity contribution in [2.75, 3.05) is 33.0 Å². The third-order valence-corrected chi connectivity index (χ3v) is 7.94. The van der Waals surface area contributed by atoms with Crippen LogP contribution in [-0.4, -0.2) is 68.0 Å². The van der Waals surface area contributed by atoms with Gasteiger partial charge in [0.15, 0.2) is 17.3 Å². The second-order valence-corrected chi connectivity index (χ2v) is 10.8. The zero-order valence-electron chi connectivity index (χ0n) is 23.0. The maximum Gasteiger partial charge on any atom is 0.253 e. The summed E-state index contributed by atoms with van der Waals surface area (Å²) in [7, 11) is 0. The summed E-state index contributed by atoms with van der Waals surface area (Å²) in [4.78, 5) is 21.5. The molecule has 0 radical (unpaired) electrons. The van der Waals surface area contributed by atoms with Crippen molar-refractivity contribution in [2.24, 2.45) is 0 Å². The SMILES string of the molecule is Cc1cc(C)c2cc([C@H](c3nnnn3Cc3ccco3)N3CCN(Cc4ccc5c(c4)OCO5)CC3)c(=O)[nH]c2c1. The predicted molar refractivity (Wildman–Crippen MR) is 151 cm³/mol. The highest BCUT2D eigenvalue weighted by molar-refractivity contribution is 5.83. The fraction of sp³-hybridized carbons (Fsp3) is 0.333. The number of H-pyrrole nitrogens is 1. The molecule has 11 heteroatoms. The number of benzene rings is 2. The first kappa shape index (κ1) is 25.5. The summed E-state index contributed by atoms with van der Waals surface area (Å²) in [5.74, 6) is 2.94. The Morgan fingerprint density at radius 1 is 0.976 bits per heavy atom. The monoisotopic (exact) mass is 553 g/mol. The molecule has 11 nitrogen and oxygen atoms in total. The molecule has 2 aliphatic rings. The first-order valence-corrected chi connectivity index (χ1v) is 13.8. The topological polar surface area (TPSA) is 115 Å². The lowest BCUT2D eigenvalue weighted by Crippen LogP contribution is -2.48. The Labute approximate surface area is 236 Å². The highest BCUT2D eigenvalue weighted by Crippen LogP contribution is 2.33. The number of ether oxygens (including phenoxy) is 2. The van der Waals surface area contributed by atoms with E-state index in [1.54, 1.807) is 10.9 Å². The second-order valence-electron chi connectivity index (χ2n) is 10.8. The van der Waals surface area contributed by atoms with Gasteiger partial charge in [-0.2, -0.15) is 0 Å². The van der Waals surface area contributed by atoms with Crippen LogP contribution in [0.25, 0.3) is 10.9 Å². The number of aryl methyl sites for hydroxylation is 2. The maximum absolute atomic E-state index is 13.7. The van der Waals surface area contributed by atoms with Crippen molar-refractivity contribution in [3.8, 4) is 11.5 Å². The Kier molecular flexibility index (Phi) is 6.52. The number of furan rings is 1. The Bertz CT molecular complexity index is 1750. The lowest BCUT2D eigenvalue weighted by Gasteiger charge is -2.38. The van der Waals surface area contributed by atoms with Gasteiger partial charge in [-0.1, -0.05) is 12.1 Å². The predicted octanol–water partition coefficient (Wildman–Crippen LogP) is 3.41. The molecule has 0 spiro atoms. The van der Waals surface area contributed by atoms with E-state index in [-0.39, 0.29) is 12.4 Å². The van der Waals surface area contributed by atoms with E-state index in [1.807, 2.05) is 37.3 Å². The Balaban J connectivity index is 1.20. The van der Waals surface area contributed by atoms with Crippen LogP contribution in [0.5, 0.6) is 11.5 Å². The lowest BCUT2D eigenvalue weighted by atomic mass is 9.99. The zero-order chi connectivity index (χ0) is 27.9. The molecule has 0 saturated carbocycles. The third kappa shape index (κ3) is 4.98. The number of rotatable bonds is 7. The molecule has 1 saturated heterocycles. The summed E-state index contributed by atoms with van der Waals surface area (Å²) in [6, 6.07) is 15.6. The maximum atomic E-state index is 13.7. The molecule has 1 fully saturated rings. The van der Waals surface area contributed by atoms with Crippen LogP contribution in [0.4, 0.5) is 0 Å². The Morgan fingerprint density at radius 3 is 2.66 bits per heavy atom. The van der Waals surface area contributed by atoms with Crippen LogP contribution in [0.15, 0.2) is 64.0 Å². The first-order valence-electron chi connectivity index (χ1n) is 13.8. The van der Waals surface area contributed by atoms with Gasteiger partial charge in [0.25, 0.3) is 5.56 Å². The van der Waals surface area contributed by atoms with Crippen molar-refractivity contribution in [2.45, 2.75) is 33.0 Å². The fourth-order valence-corrected chi connectivity index (χ4v) is 5.94. The number of nitrogens with one attached hydrogen (secondary N) is 1. The summed E-state index contributed by atoms with van der Waals surface area (Å²) < 4.78 is 18.3. The molecule has 0 bridgehead atoms. The van der Waals surface area contributed by atoms with Crippen molar-refractivity contribution < 1.29 is 13.9 Å². The second kappa shape index (κ2) is 10.5. The number of hydrogen-bond acceptors (Lipinski definition) is 9. The number of nitrogens with zero attached hydrogens (tertiary/aromatic N) is 6. The van der Waals surface area contributed by atoms with Crippen molar-refractivity contribution in [3.05, 3.63) is 99.0 Å². The number of aromatic nitrogens is 5. The molecule has 1 atom stereocenters. The van der Waals surface area contributed by atoms with Crippen molar-refractivity contribution >= 4 is 10.9 Å². The molecule has 7 rings (SSSR count). The average molecular weight is 554 g/mol. The minimum absolute atomic E-state index is 0.136. The largest absolute Gasteiger partial charge is 0.467 e. The lowest BCUT2D eigenvalue weighted by molar-refractivity contribution is 0.0997. The first-order chi connectivity index (χ1) is 20.0. The van der Waals surface area contributed by atoms with Crippen LogP contribution in [-0.2, 0) is 13.1 Å². The average Bonchev–Trinajstić information content (AvgIpc) is 3.73. The quantitative estimate of drug-likeness (QED) is 0.324. The molecular formula is C30H31N7O4. The minimum atomic E-state index is -0.429. The number of tetrazole rings is 1. The van der Waals surface area contributed by atoms with E-state index in [0.29, 0.717) is 17.9 Å². The van der Waals surface area contributed by atoms with E-state index >= 15 is 0 Å². The van der Waals surface area contributed by atoms with Gasteiger partial charge >= 0.3 is 0 Å². The van der Waals surface area contributed by atoms with E-state index in [9.17, 15) is 4.79 Å². The molecular weight excluding hydrogens is 522 g/mol. The fourth-order valence-electron chi connectivity index (χ4n) is 5.94. The van der Waals surface area contributed by atoms with Gasteiger partial charge in [-0.15, -0.1) is 5.10 Å². The summed E-state index contributed by atoms with van der Waals surface area (Å²) >= 11 is 0. The van der Waals surface area contributed by atoms with Crippen LogP contribution in [0.1, 0.15) is 39.9 Å². The molecule has 5 heterocycles. The van der Waals surface area contributed by atoms with Gasteiger partial charge in [-0.25, -0.2) is 4.68 Å². The van der Waals surface area contributed by atoms with E-state index in [0.717, 1.165) is 72.0 Å². The van der Waals surface area contributed by atoms with Crippen molar-refractivity contribution in [1.82, 2.24) is 35.0 Å². The number of piperazine rings is 1. The molecule has 0 amide bonds. The van der Waals surface area contributed by atoms with E-state index < -0.39 is 6.04 Å². The summed E-state index contributed by atoms with van der Waals surface area (Å²) in [6.07, 6.45) is 1.63. The highest BCUT2D eigenvalue weighted by atomic mass is 16.7. The van der Waals surface area contributed by atoms with Crippen molar-refractivity contribution in [1.29, 1.82) is 0 Å². The van der Waals surface area contributed by atoms with E-state index in [1.165, 1.54) is 5.56 Å². The highest BCUT2D eigenvalue weighted by Gasteiger charge is 2.33. The smallest absolute Gasteiger partial charge is 0.253 e. The molecule has 2 aliphatic heterocycles. The summed E-state index contributed by atoms with van der Waals surface area (Å²) in [5.41, 5.74) is 4.72.